The molecule has 1 N–H and O–H groups in total. The lowest BCUT2D eigenvalue weighted by molar-refractivity contribution is 0.190. The van der Waals surface area contributed by atoms with Gasteiger partial charge in [-0.25, -0.2) is 0 Å². The standard InChI is InChI=1S/C15H29NS/c1-15(2)10-8-13(9-11-15)16-12-4-6-14(17-3)7-5-12/h12-14,16H,4-11H2,1-3H3. The van der Waals surface area contributed by atoms with Gasteiger partial charge in [-0.05, 0) is 63.0 Å². The fourth-order valence-corrected chi connectivity index (χ4v) is 4.11. The third-order valence-corrected chi connectivity index (χ3v) is 5.96. The van der Waals surface area contributed by atoms with Gasteiger partial charge in [0.1, 0.15) is 0 Å². The molecule has 0 aliphatic heterocycles. The second kappa shape index (κ2) is 5.97. The minimum Gasteiger partial charge on any atom is -0.311 e. The van der Waals surface area contributed by atoms with E-state index in [1.54, 1.807) is 0 Å². The predicted molar refractivity (Wildman–Crippen MR) is 78.7 cm³/mol. The molecule has 1 nitrogen and oxygen atoms in total. The Balaban J connectivity index is 1.69. The van der Waals surface area contributed by atoms with Crippen LogP contribution in [0.25, 0.3) is 0 Å². The minimum atomic E-state index is 0.606. The Kier molecular flexibility index (Phi) is 4.82. The zero-order valence-electron chi connectivity index (χ0n) is 11.8. The molecule has 0 unspecified atom stereocenters. The first-order chi connectivity index (χ1) is 8.09. The molecule has 2 rings (SSSR count). The molecular formula is C15H29NS. The van der Waals surface area contributed by atoms with Crippen LogP contribution in [-0.4, -0.2) is 23.6 Å². The van der Waals surface area contributed by atoms with Crippen molar-refractivity contribution < 1.29 is 0 Å². The topological polar surface area (TPSA) is 12.0 Å². The van der Waals surface area contributed by atoms with Crippen LogP contribution < -0.4 is 5.32 Å². The van der Waals surface area contributed by atoms with E-state index in [1.807, 2.05) is 0 Å². The quantitative estimate of drug-likeness (QED) is 0.810. The number of hydrogen-bond donors (Lipinski definition) is 1. The number of nitrogens with one attached hydrogen (secondary N) is 1. The number of thioether (sulfide) groups is 1. The first-order valence-electron chi connectivity index (χ1n) is 7.38. The van der Waals surface area contributed by atoms with Crippen LogP contribution in [0.15, 0.2) is 0 Å². The maximum atomic E-state index is 3.93. The van der Waals surface area contributed by atoms with Gasteiger partial charge in [0.05, 0.1) is 0 Å². The maximum absolute atomic E-state index is 3.93. The molecule has 0 aromatic heterocycles. The smallest absolute Gasteiger partial charge is 0.00704 e. The Morgan fingerprint density at radius 1 is 0.882 bits per heavy atom. The van der Waals surface area contributed by atoms with E-state index < -0.39 is 0 Å². The first kappa shape index (κ1) is 13.7. The maximum Gasteiger partial charge on any atom is 0.00704 e. The minimum absolute atomic E-state index is 0.606. The van der Waals surface area contributed by atoms with Crippen LogP contribution in [0.2, 0.25) is 0 Å². The van der Waals surface area contributed by atoms with Crippen molar-refractivity contribution in [2.75, 3.05) is 6.26 Å². The van der Waals surface area contributed by atoms with E-state index in [0.717, 1.165) is 17.3 Å². The van der Waals surface area contributed by atoms with Crippen LogP contribution in [-0.2, 0) is 0 Å². The largest absolute Gasteiger partial charge is 0.311 e. The molecule has 2 fully saturated rings. The Morgan fingerprint density at radius 3 is 1.94 bits per heavy atom. The summed E-state index contributed by atoms with van der Waals surface area (Å²) in [6.45, 7) is 4.85. The second-order valence-corrected chi connectivity index (χ2v) is 7.95. The molecule has 0 atom stereocenters. The van der Waals surface area contributed by atoms with E-state index in [0.29, 0.717) is 5.41 Å². The van der Waals surface area contributed by atoms with Crippen LogP contribution in [0, 0.1) is 5.41 Å². The number of hydrogen-bond acceptors (Lipinski definition) is 2. The van der Waals surface area contributed by atoms with Gasteiger partial charge in [-0.1, -0.05) is 13.8 Å². The summed E-state index contributed by atoms with van der Waals surface area (Å²) < 4.78 is 0. The molecule has 0 spiro atoms. The van der Waals surface area contributed by atoms with E-state index in [2.05, 4.69) is 37.2 Å². The highest BCUT2D eigenvalue weighted by Crippen LogP contribution is 2.36. The van der Waals surface area contributed by atoms with Crippen molar-refractivity contribution in [1.29, 1.82) is 0 Å². The monoisotopic (exact) mass is 255 g/mol. The third kappa shape index (κ3) is 4.17. The van der Waals surface area contributed by atoms with Crippen molar-refractivity contribution >= 4 is 11.8 Å². The molecule has 17 heavy (non-hydrogen) atoms. The van der Waals surface area contributed by atoms with Gasteiger partial charge >= 0.3 is 0 Å². The van der Waals surface area contributed by atoms with Gasteiger partial charge in [-0.2, -0.15) is 11.8 Å². The summed E-state index contributed by atoms with van der Waals surface area (Å²) in [6, 6.07) is 1.64. The summed E-state index contributed by atoms with van der Waals surface area (Å²) in [7, 11) is 0. The highest BCUT2D eigenvalue weighted by molar-refractivity contribution is 7.99. The predicted octanol–water partition coefficient (Wildman–Crippen LogP) is 4.22. The fraction of sp³-hybridized carbons (Fsp3) is 1.00. The van der Waals surface area contributed by atoms with Crippen LogP contribution in [0.3, 0.4) is 0 Å². The summed E-state index contributed by atoms with van der Waals surface area (Å²) in [5.74, 6) is 0. The van der Waals surface area contributed by atoms with Gasteiger partial charge in [0.15, 0.2) is 0 Å². The molecule has 0 heterocycles. The summed E-state index contributed by atoms with van der Waals surface area (Å²) in [5.41, 5.74) is 0.606. The fourth-order valence-electron chi connectivity index (χ4n) is 3.36. The van der Waals surface area contributed by atoms with Crippen LogP contribution in [0.5, 0.6) is 0 Å². The van der Waals surface area contributed by atoms with Gasteiger partial charge in [0.25, 0.3) is 0 Å². The third-order valence-electron chi connectivity index (χ3n) is 4.82. The molecule has 2 heteroatoms. The second-order valence-electron chi connectivity index (χ2n) is 6.81. The summed E-state index contributed by atoms with van der Waals surface area (Å²) in [6.07, 6.45) is 13.5. The van der Waals surface area contributed by atoms with Gasteiger partial charge in [0.2, 0.25) is 0 Å². The SMILES string of the molecule is CSC1CCC(NC2CCC(C)(C)CC2)CC1. The number of rotatable bonds is 3. The average molecular weight is 255 g/mol. The Bertz CT molecular complexity index is 221. The molecule has 0 aromatic carbocycles. The molecule has 0 radical (unpaired) electrons. The molecule has 2 saturated carbocycles. The molecule has 0 aromatic rings. The highest BCUT2D eigenvalue weighted by Gasteiger charge is 2.29. The molecule has 2 aliphatic carbocycles. The van der Waals surface area contributed by atoms with Gasteiger partial charge < -0.3 is 5.32 Å². The Hall–Kier alpha value is 0.310. The van der Waals surface area contributed by atoms with Crippen molar-refractivity contribution in [2.24, 2.45) is 5.41 Å². The van der Waals surface area contributed by atoms with Crippen molar-refractivity contribution in [3.05, 3.63) is 0 Å². The molecule has 0 amide bonds. The van der Waals surface area contributed by atoms with Crippen LogP contribution in [0.1, 0.15) is 65.2 Å². The summed E-state index contributed by atoms with van der Waals surface area (Å²) >= 11 is 2.07. The lowest BCUT2D eigenvalue weighted by atomic mass is 9.75. The average Bonchev–Trinajstić information content (AvgIpc) is 2.33. The summed E-state index contributed by atoms with van der Waals surface area (Å²) in [5, 5.41) is 4.87. The normalized spacial score (nSPS) is 34.8. The molecular weight excluding hydrogens is 226 g/mol. The van der Waals surface area contributed by atoms with E-state index in [1.165, 1.54) is 51.4 Å². The molecule has 0 bridgehead atoms. The van der Waals surface area contributed by atoms with Gasteiger partial charge in [-0.3, -0.25) is 0 Å². The van der Waals surface area contributed by atoms with Gasteiger partial charge in [-0.15, -0.1) is 0 Å². The molecule has 2 aliphatic rings. The summed E-state index contributed by atoms with van der Waals surface area (Å²) in [4.78, 5) is 0. The van der Waals surface area contributed by atoms with E-state index >= 15 is 0 Å². The lowest BCUT2D eigenvalue weighted by Crippen LogP contribution is -2.43. The molecule has 0 saturated heterocycles. The van der Waals surface area contributed by atoms with Crippen molar-refractivity contribution in [1.82, 2.24) is 5.32 Å². The Morgan fingerprint density at radius 2 is 1.41 bits per heavy atom. The van der Waals surface area contributed by atoms with Gasteiger partial charge in [0, 0.05) is 17.3 Å². The zero-order chi connectivity index (χ0) is 12.3. The molecule has 100 valence electrons. The van der Waals surface area contributed by atoms with Crippen LogP contribution in [0.4, 0.5) is 0 Å². The first-order valence-corrected chi connectivity index (χ1v) is 8.67. The van der Waals surface area contributed by atoms with E-state index in [4.69, 9.17) is 0 Å². The van der Waals surface area contributed by atoms with E-state index in [-0.39, 0.29) is 0 Å². The lowest BCUT2D eigenvalue weighted by Gasteiger charge is -2.38. The van der Waals surface area contributed by atoms with Crippen molar-refractivity contribution in [2.45, 2.75) is 82.5 Å². The van der Waals surface area contributed by atoms with Crippen molar-refractivity contribution in [3.63, 3.8) is 0 Å². The zero-order valence-corrected chi connectivity index (χ0v) is 12.6. The highest BCUT2D eigenvalue weighted by atomic mass is 32.2. The van der Waals surface area contributed by atoms with Crippen molar-refractivity contribution in [3.8, 4) is 0 Å². The Labute approximate surface area is 112 Å². The van der Waals surface area contributed by atoms with Crippen LogP contribution >= 0.6 is 11.8 Å². The van der Waals surface area contributed by atoms with E-state index in [9.17, 15) is 0 Å².